The van der Waals surface area contributed by atoms with Crippen LogP contribution in [0.3, 0.4) is 0 Å². The smallest absolute Gasteiger partial charge is 0.341 e. The average molecular weight is 324 g/mol. The molecule has 0 atom stereocenters. The number of hydrogen-bond donors (Lipinski definition) is 0. The molecule has 0 saturated heterocycles. The molecule has 3 aromatic rings. The topological polar surface area (TPSA) is 35.5 Å². The Labute approximate surface area is 138 Å². The van der Waals surface area contributed by atoms with Gasteiger partial charge in [-0.25, -0.2) is 4.79 Å². The van der Waals surface area contributed by atoms with Crippen LogP contribution in [0.2, 0.25) is 0 Å². The van der Waals surface area contributed by atoms with Crippen LogP contribution >= 0.6 is 11.3 Å². The standard InChI is InChI=1S/C19H16O3S/c1-21-11-16(19(20)22-2)17-12-23-18-9-8-14(10-15(17)18)13-6-4-3-5-7-13/h3-12H,1-2H3/b16-11+. The van der Waals surface area contributed by atoms with E-state index in [1.807, 2.05) is 23.6 Å². The SMILES string of the molecule is CO/C=C(/C(=O)OC)c1csc2ccc(-c3ccccc3)cc12. The van der Waals surface area contributed by atoms with Gasteiger partial charge in [0.2, 0.25) is 0 Å². The Kier molecular flexibility index (Phi) is 4.44. The Morgan fingerprint density at radius 1 is 1.04 bits per heavy atom. The Bertz CT molecular complexity index is 863. The summed E-state index contributed by atoms with van der Waals surface area (Å²) in [4.78, 5) is 12.0. The summed E-state index contributed by atoms with van der Waals surface area (Å²) in [5.41, 5.74) is 3.50. The first-order chi connectivity index (χ1) is 11.2. The van der Waals surface area contributed by atoms with Gasteiger partial charge in [-0.05, 0) is 23.3 Å². The maximum atomic E-state index is 12.0. The van der Waals surface area contributed by atoms with Crippen LogP contribution in [0, 0.1) is 0 Å². The molecule has 0 amide bonds. The summed E-state index contributed by atoms with van der Waals surface area (Å²) < 4.78 is 11.0. The van der Waals surface area contributed by atoms with Crippen molar-refractivity contribution in [3.63, 3.8) is 0 Å². The molecule has 0 fully saturated rings. The molecule has 3 rings (SSSR count). The average Bonchev–Trinajstić information content (AvgIpc) is 3.02. The predicted molar refractivity (Wildman–Crippen MR) is 94.3 cm³/mol. The Hall–Kier alpha value is -2.59. The van der Waals surface area contributed by atoms with E-state index in [9.17, 15) is 4.79 Å². The molecular weight excluding hydrogens is 308 g/mol. The number of methoxy groups -OCH3 is 2. The van der Waals surface area contributed by atoms with Crippen molar-refractivity contribution < 1.29 is 14.3 Å². The highest BCUT2D eigenvalue weighted by molar-refractivity contribution is 7.17. The van der Waals surface area contributed by atoms with Gasteiger partial charge in [-0.1, -0.05) is 36.4 Å². The van der Waals surface area contributed by atoms with Crippen LogP contribution in [0.5, 0.6) is 0 Å². The van der Waals surface area contributed by atoms with Gasteiger partial charge in [0.05, 0.1) is 20.5 Å². The second-order valence-electron chi connectivity index (χ2n) is 4.99. The van der Waals surface area contributed by atoms with Gasteiger partial charge in [-0.3, -0.25) is 0 Å². The van der Waals surface area contributed by atoms with E-state index in [2.05, 4.69) is 30.3 Å². The van der Waals surface area contributed by atoms with Crippen molar-refractivity contribution >= 4 is 33.0 Å². The molecule has 1 heterocycles. The van der Waals surface area contributed by atoms with Gasteiger partial charge in [-0.2, -0.15) is 0 Å². The van der Waals surface area contributed by atoms with Crippen LogP contribution in [-0.2, 0) is 14.3 Å². The lowest BCUT2D eigenvalue weighted by Crippen LogP contribution is -2.03. The molecule has 2 aromatic carbocycles. The third-order valence-electron chi connectivity index (χ3n) is 3.61. The highest BCUT2D eigenvalue weighted by atomic mass is 32.1. The highest BCUT2D eigenvalue weighted by Crippen LogP contribution is 2.34. The van der Waals surface area contributed by atoms with E-state index in [0.29, 0.717) is 5.57 Å². The van der Waals surface area contributed by atoms with Crippen LogP contribution in [0.25, 0.3) is 26.8 Å². The first kappa shape index (κ1) is 15.3. The van der Waals surface area contributed by atoms with Gasteiger partial charge in [0.25, 0.3) is 0 Å². The monoisotopic (exact) mass is 324 g/mol. The van der Waals surface area contributed by atoms with E-state index in [4.69, 9.17) is 9.47 Å². The molecule has 0 aliphatic carbocycles. The zero-order valence-electron chi connectivity index (χ0n) is 12.9. The number of rotatable bonds is 4. The molecule has 0 aliphatic rings. The number of ether oxygens (including phenoxy) is 2. The molecular formula is C19H16O3S. The largest absolute Gasteiger partial charge is 0.503 e. The number of carbonyl (C=O) groups excluding carboxylic acids is 1. The second kappa shape index (κ2) is 6.67. The molecule has 0 spiro atoms. The van der Waals surface area contributed by atoms with Gasteiger partial charge in [0.1, 0.15) is 5.57 Å². The van der Waals surface area contributed by atoms with Gasteiger partial charge in [0, 0.05) is 21.0 Å². The van der Waals surface area contributed by atoms with Crippen molar-refractivity contribution in [1.29, 1.82) is 0 Å². The summed E-state index contributed by atoms with van der Waals surface area (Å²) in [6.07, 6.45) is 1.43. The second-order valence-corrected chi connectivity index (χ2v) is 5.90. The van der Waals surface area contributed by atoms with Crippen molar-refractivity contribution in [2.75, 3.05) is 14.2 Å². The van der Waals surface area contributed by atoms with Gasteiger partial charge >= 0.3 is 5.97 Å². The van der Waals surface area contributed by atoms with E-state index in [0.717, 1.165) is 26.8 Å². The summed E-state index contributed by atoms with van der Waals surface area (Å²) in [5.74, 6) is -0.406. The van der Waals surface area contributed by atoms with Crippen molar-refractivity contribution in [2.24, 2.45) is 0 Å². The van der Waals surface area contributed by atoms with E-state index in [-0.39, 0.29) is 0 Å². The van der Waals surface area contributed by atoms with Gasteiger partial charge in [0.15, 0.2) is 0 Å². The minimum absolute atomic E-state index is 0.406. The van der Waals surface area contributed by atoms with E-state index < -0.39 is 5.97 Å². The molecule has 0 unspecified atom stereocenters. The van der Waals surface area contributed by atoms with E-state index >= 15 is 0 Å². The third-order valence-corrected chi connectivity index (χ3v) is 4.58. The zero-order chi connectivity index (χ0) is 16.2. The first-order valence-electron chi connectivity index (χ1n) is 7.13. The number of fused-ring (bicyclic) bond motifs is 1. The number of hydrogen-bond acceptors (Lipinski definition) is 4. The number of esters is 1. The molecule has 4 heteroatoms. The molecule has 0 saturated carbocycles. The Morgan fingerprint density at radius 2 is 1.83 bits per heavy atom. The Morgan fingerprint density at radius 3 is 2.52 bits per heavy atom. The van der Waals surface area contributed by atoms with E-state index in [1.165, 1.54) is 20.5 Å². The lowest BCUT2D eigenvalue weighted by atomic mass is 10.0. The summed E-state index contributed by atoms with van der Waals surface area (Å²) in [5, 5.41) is 2.98. The number of carbonyl (C=O) groups is 1. The molecule has 1 aromatic heterocycles. The third kappa shape index (κ3) is 2.98. The summed E-state index contributed by atoms with van der Waals surface area (Å²) in [7, 11) is 2.89. The van der Waals surface area contributed by atoms with Crippen LogP contribution in [0.4, 0.5) is 0 Å². The molecule has 0 N–H and O–H groups in total. The van der Waals surface area contributed by atoms with Gasteiger partial charge < -0.3 is 9.47 Å². The predicted octanol–water partition coefficient (Wildman–Crippen LogP) is 4.73. The fourth-order valence-electron chi connectivity index (χ4n) is 2.50. The lowest BCUT2D eigenvalue weighted by molar-refractivity contribution is -0.133. The number of benzene rings is 2. The summed E-state index contributed by atoms with van der Waals surface area (Å²) in [6.45, 7) is 0. The molecule has 0 radical (unpaired) electrons. The van der Waals surface area contributed by atoms with Crippen molar-refractivity contribution in [3.8, 4) is 11.1 Å². The maximum Gasteiger partial charge on any atom is 0.341 e. The Balaban J connectivity index is 2.15. The molecule has 0 aliphatic heterocycles. The van der Waals surface area contributed by atoms with Crippen molar-refractivity contribution in [1.82, 2.24) is 0 Å². The zero-order valence-corrected chi connectivity index (χ0v) is 13.7. The van der Waals surface area contributed by atoms with Crippen LogP contribution < -0.4 is 0 Å². The van der Waals surface area contributed by atoms with Crippen LogP contribution in [0.15, 0.2) is 60.2 Å². The highest BCUT2D eigenvalue weighted by Gasteiger charge is 2.17. The van der Waals surface area contributed by atoms with E-state index in [1.54, 1.807) is 11.3 Å². The fraction of sp³-hybridized carbons (Fsp3) is 0.105. The summed E-state index contributed by atoms with van der Waals surface area (Å²) in [6, 6.07) is 16.4. The number of thiophene rings is 1. The van der Waals surface area contributed by atoms with Crippen molar-refractivity contribution in [3.05, 3.63) is 65.7 Å². The quantitative estimate of drug-likeness (QED) is 0.395. The fourth-order valence-corrected chi connectivity index (χ4v) is 3.44. The molecule has 0 bridgehead atoms. The molecule has 3 nitrogen and oxygen atoms in total. The first-order valence-corrected chi connectivity index (χ1v) is 8.01. The normalized spacial score (nSPS) is 11.5. The van der Waals surface area contributed by atoms with Crippen LogP contribution in [-0.4, -0.2) is 20.2 Å². The summed E-state index contributed by atoms with van der Waals surface area (Å²) >= 11 is 1.60. The van der Waals surface area contributed by atoms with Crippen molar-refractivity contribution in [2.45, 2.75) is 0 Å². The van der Waals surface area contributed by atoms with Gasteiger partial charge in [-0.15, -0.1) is 11.3 Å². The molecule has 116 valence electrons. The molecule has 23 heavy (non-hydrogen) atoms. The maximum absolute atomic E-state index is 12.0. The minimum atomic E-state index is -0.406. The lowest BCUT2D eigenvalue weighted by Gasteiger charge is -2.06. The minimum Gasteiger partial charge on any atom is -0.503 e. The van der Waals surface area contributed by atoms with Crippen LogP contribution in [0.1, 0.15) is 5.56 Å².